The van der Waals surface area contributed by atoms with E-state index in [9.17, 15) is 4.79 Å². The van der Waals surface area contributed by atoms with Crippen LogP contribution in [0.1, 0.15) is 90.9 Å². The predicted octanol–water partition coefficient (Wildman–Crippen LogP) is 5.41. The molecule has 1 N–H and O–H groups in total. The second kappa shape index (κ2) is 14.7. The molecule has 0 aliphatic carbocycles. The largest absolute Gasteiger partial charge is 0.336 e. The number of amides is 2. The van der Waals surface area contributed by atoms with Gasteiger partial charge in [0.1, 0.15) is 0 Å². The van der Waals surface area contributed by atoms with Gasteiger partial charge >= 0.3 is 6.03 Å². The zero-order valence-corrected chi connectivity index (χ0v) is 13.8. The van der Waals surface area contributed by atoms with Gasteiger partial charge in [0.05, 0.1) is 0 Å². The summed E-state index contributed by atoms with van der Waals surface area (Å²) in [6.07, 6.45) is 14.8. The standard InChI is InChI=1S/C17H35N2O/c1-3-5-7-9-11-13-15-19(17(18)20)16-14-12-10-8-6-4-2/h18H,3-16H2,1-2H3. The van der Waals surface area contributed by atoms with Crippen LogP contribution in [0.5, 0.6) is 0 Å². The van der Waals surface area contributed by atoms with Crippen LogP contribution in [0, 0.1) is 0 Å². The lowest BCUT2D eigenvalue weighted by molar-refractivity contribution is 0.203. The molecule has 0 aromatic rings. The summed E-state index contributed by atoms with van der Waals surface area (Å²) in [4.78, 5) is 13.0. The molecule has 3 heteroatoms. The number of nitrogens with one attached hydrogen (secondary N) is 1. The molecule has 0 aliphatic heterocycles. The lowest BCUT2D eigenvalue weighted by Gasteiger charge is -2.19. The molecule has 0 heterocycles. The first-order valence-corrected chi connectivity index (χ1v) is 8.72. The fourth-order valence-corrected chi connectivity index (χ4v) is 2.48. The van der Waals surface area contributed by atoms with Crippen molar-refractivity contribution in [1.82, 2.24) is 10.6 Å². The van der Waals surface area contributed by atoms with Gasteiger partial charge in [-0.05, 0) is 12.8 Å². The zero-order chi connectivity index (χ0) is 15.1. The van der Waals surface area contributed by atoms with E-state index in [1.54, 1.807) is 4.90 Å². The number of rotatable bonds is 14. The van der Waals surface area contributed by atoms with E-state index in [0.29, 0.717) is 0 Å². The maximum atomic E-state index is 11.3. The molecule has 0 aromatic heterocycles. The lowest BCUT2D eigenvalue weighted by Crippen LogP contribution is -2.32. The quantitative estimate of drug-likeness (QED) is 0.393. The maximum Gasteiger partial charge on any atom is 0.336 e. The van der Waals surface area contributed by atoms with Crippen molar-refractivity contribution in [3.8, 4) is 0 Å². The van der Waals surface area contributed by atoms with Crippen molar-refractivity contribution in [1.29, 1.82) is 0 Å². The second-order valence-corrected chi connectivity index (χ2v) is 5.83. The van der Waals surface area contributed by atoms with Crippen LogP contribution in [0.25, 0.3) is 0 Å². The van der Waals surface area contributed by atoms with E-state index >= 15 is 0 Å². The molecule has 0 saturated carbocycles. The van der Waals surface area contributed by atoms with Crippen LogP contribution >= 0.6 is 0 Å². The first kappa shape index (κ1) is 19.3. The Kier molecular flexibility index (Phi) is 14.1. The lowest BCUT2D eigenvalue weighted by atomic mass is 10.1. The molecule has 0 bridgehead atoms. The minimum atomic E-state index is -0.493. The van der Waals surface area contributed by atoms with Gasteiger partial charge in [0.15, 0.2) is 0 Å². The predicted molar refractivity (Wildman–Crippen MR) is 86.8 cm³/mol. The van der Waals surface area contributed by atoms with Crippen molar-refractivity contribution < 1.29 is 4.79 Å². The van der Waals surface area contributed by atoms with Gasteiger partial charge in [-0.2, -0.15) is 0 Å². The minimum Gasteiger partial charge on any atom is -0.323 e. The number of unbranched alkanes of at least 4 members (excludes halogenated alkanes) is 10. The van der Waals surface area contributed by atoms with Crippen LogP contribution in [0.2, 0.25) is 0 Å². The monoisotopic (exact) mass is 283 g/mol. The minimum absolute atomic E-state index is 0.493. The Morgan fingerprint density at radius 3 is 1.40 bits per heavy atom. The van der Waals surface area contributed by atoms with Crippen molar-refractivity contribution >= 4 is 6.03 Å². The van der Waals surface area contributed by atoms with Crippen LogP contribution in [0.3, 0.4) is 0 Å². The van der Waals surface area contributed by atoms with Crippen LogP contribution in [0.4, 0.5) is 4.79 Å². The van der Waals surface area contributed by atoms with Crippen molar-refractivity contribution in [3.63, 3.8) is 0 Å². The third kappa shape index (κ3) is 12.3. The zero-order valence-electron chi connectivity index (χ0n) is 13.8. The molecule has 0 fully saturated rings. The molecule has 2 amide bonds. The Bertz CT molecular complexity index is 203. The molecule has 20 heavy (non-hydrogen) atoms. The summed E-state index contributed by atoms with van der Waals surface area (Å²) in [5, 5.41) is 0. The first-order chi connectivity index (χ1) is 9.72. The number of urea groups is 1. The summed E-state index contributed by atoms with van der Waals surface area (Å²) in [5.74, 6) is 0. The summed E-state index contributed by atoms with van der Waals surface area (Å²) in [5.41, 5.74) is 7.31. The molecular formula is C17H35N2O. The topological polar surface area (TPSA) is 44.1 Å². The van der Waals surface area contributed by atoms with Gasteiger partial charge < -0.3 is 4.90 Å². The van der Waals surface area contributed by atoms with E-state index in [1.165, 1.54) is 64.2 Å². The average Bonchev–Trinajstić information content (AvgIpc) is 2.43. The van der Waals surface area contributed by atoms with Gasteiger partial charge in [0.25, 0.3) is 0 Å². The van der Waals surface area contributed by atoms with Gasteiger partial charge in [-0.15, -0.1) is 0 Å². The molecule has 0 unspecified atom stereocenters. The summed E-state index contributed by atoms with van der Waals surface area (Å²) in [7, 11) is 0. The molecule has 119 valence electrons. The second-order valence-electron chi connectivity index (χ2n) is 5.83. The maximum absolute atomic E-state index is 11.3. The average molecular weight is 283 g/mol. The number of carbonyl (C=O) groups is 1. The molecule has 0 aliphatic rings. The number of hydrogen-bond acceptors (Lipinski definition) is 1. The number of hydrogen-bond donors (Lipinski definition) is 0. The molecular weight excluding hydrogens is 248 g/mol. The van der Waals surface area contributed by atoms with Gasteiger partial charge in [-0.25, -0.2) is 10.5 Å². The summed E-state index contributed by atoms with van der Waals surface area (Å²) in [6, 6.07) is -0.493. The summed E-state index contributed by atoms with van der Waals surface area (Å²) >= 11 is 0. The van der Waals surface area contributed by atoms with Crippen molar-refractivity contribution in [2.75, 3.05) is 13.1 Å². The van der Waals surface area contributed by atoms with Crippen LogP contribution in [-0.4, -0.2) is 24.0 Å². The molecule has 0 spiro atoms. The third-order valence-electron chi connectivity index (χ3n) is 3.85. The van der Waals surface area contributed by atoms with Crippen LogP contribution in [0.15, 0.2) is 0 Å². The first-order valence-electron chi connectivity index (χ1n) is 8.72. The van der Waals surface area contributed by atoms with Crippen molar-refractivity contribution in [3.05, 3.63) is 0 Å². The van der Waals surface area contributed by atoms with E-state index in [2.05, 4.69) is 13.8 Å². The van der Waals surface area contributed by atoms with Crippen molar-refractivity contribution in [2.24, 2.45) is 0 Å². The molecule has 1 radical (unpaired) electrons. The number of carbonyl (C=O) groups excluding carboxylic acids is 1. The highest BCUT2D eigenvalue weighted by Crippen LogP contribution is 2.08. The molecule has 3 nitrogen and oxygen atoms in total. The van der Waals surface area contributed by atoms with E-state index in [1.807, 2.05) is 0 Å². The van der Waals surface area contributed by atoms with Crippen LogP contribution in [-0.2, 0) is 0 Å². The van der Waals surface area contributed by atoms with E-state index in [4.69, 9.17) is 5.73 Å². The van der Waals surface area contributed by atoms with Crippen molar-refractivity contribution in [2.45, 2.75) is 90.9 Å². The molecule has 0 atom stereocenters. The van der Waals surface area contributed by atoms with Gasteiger partial charge in [-0.1, -0.05) is 78.1 Å². The van der Waals surface area contributed by atoms with Gasteiger partial charge in [-0.3, -0.25) is 0 Å². The normalized spacial score (nSPS) is 10.7. The van der Waals surface area contributed by atoms with Crippen LogP contribution < -0.4 is 5.73 Å². The molecule has 0 aromatic carbocycles. The Morgan fingerprint density at radius 2 is 1.05 bits per heavy atom. The highest BCUT2D eigenvalue weighted by atomic mass is 16.2. The summed E-state index contributed by atoms with van der Waals surface area (Å²) < 4.78 is 0. The number of nitrogens with zero attached hydrogens (tertiary/aromatic N) is 1. The Labute approximate surface area is 126 Å². The molecule has 0 saturated heterocycles. The Morgan fingerprint density at radius 1 is 0.700 bits per heavy atom. The summed E-state index contributed by atoms with van der Waals surface area (Å²) in [6.45, 7) is 6.01. The van der Waals surface area contributed by atoms with E-state index in [0.717, 1.165) is 25.9 Å². The van der Waals surface area contributed by atoms with E-state index in [-0.39, 0.29) is 0 Å². The Hall–Kier alpha value is -0.730. The van der Waals surface area contributed by atoms with Gasteiger partial charge in [0, 0.05) is 13.1 Å². The fourth-order valence-electron chi connectivity index (χ4n) is 2.48. The molecule has 0 rings (SSSR count). The highest BCUT2D eigenvalue weighted by Gasteiger charge is 2.08. The third-order valence-corrected chi connectivity index (χ3v) is 3.85. The smallest absolute Gasteiger partial charge is 0.323 e. The Balaban J connectivity index is 3.53. The SMILES string of the molecule is CCCCCCCCN(CCCCCCCC)C([NH])=O. The van der Waals surface area contributed by atoms with Gasteiger partial charge in [0.2, 0.25) is 0 Å². The van der Waals surface area contributed by atoms with E-state index < -0.39 is 6.03 Å². The fraction of sp³-hybridized carbons (Fsp3) is 0.941. The highest BCUT2D eigenvalue weighted by molar-refractivity contribution is 5.71.